The second kappa shape index (κ2) is 8.02. The third-order valence-electron chi connectivity index (χ3n) is 2.73. The van der Waals surface area contributed by atoms with Crippen molar-refractivity contribution in [1.82, 2.24) is 0 Å². The normalized spacial score (nSPS) is 13.4. The molecule has 0 bridgehead atoms. The largest absolute Gasteiger partial charge is 0.433 e. The van der Waals surface area contributed by atoms with E-state index in [-0.39, 0.29) is 5.71 Å². The van der Waals surface area contributed by atoms with Gasteiger partial charge in [-0.25, -0.2) is 0 Å². The van der Waals surface area contributed by atoms with Crippen LogP contribution in [0.5, 0.6) is 0 Å². The first-order valence-corrected chi connectivity index (χ1v) is 7.70. The van der Waals surface area contributed by atoms with Crippen LogP contribution >= 0.6 is 11.8 Å². The molecule has 1 aromatic carbocycles. The molecule has 21 heavy (non-hydrogen) atoms. The lowest BCUT2D eigenvalue weighted by Gasteiger charge is -2.09. The van der Waals surface area contributed by atoms with E-state index in [0.717, 1.165) is 18.1 Å². The summed E-state index contributed by atoms with van der Waals surface area (Å²) in [6, 6.07) is 7.32. The van der Waals surface area contributed by atoms with Gasteiger partial charge < -0.3 is 0 Å². The number of benzene rings is 1. The molecule has 0 fully saturated rings. The Morgan fingerprint density at radius 1 is 1.38 bits per heavy atom. The molecular weight excluding hydrogens is 297 g/mol. The van der Waals surface area contributed by atoms with Gasteiger partial charge in [0.1, 0.15) is 5.70 Å². The van der Waals surface area contributed by atoms with Crippen LogP contribution in [0.2, 0.25) is 0 Å². The Bertz CT molecular complexity index is 548. The molecule has 0 atom stereocenters. The Balaban J connectivity index is 3.29. The summed E-state index contributed by atoms with van der Waals surface area (Å²) in [5.41, 5.74) is 0.912. The third-order valence-corrected chi connectivity index (χ3v) is 3.12. The van der Waals surface area contributed by atoms with Crippen LogP contribution in [0.4, 0.5) is 13.2 Å². The van der Waals surface area contributed by atoms with Gasteiger partial charge in [0.2, 0.25) is 0 Å². The van der Waals surface area contributed by atoms with Crippen LogP contribution in [0, 0.1) is 0 Å². The molecule has 2 nitrogen and oxygen atoms in total. The number of alkyl halides is 3. The number of hydrogen-bond acceptors (Lipinski definition) is 3. The van der Waals surface area contributed by atoms with E-state index in [4.69, 9.17) is 0 Å². The zero-order chi connectivity index (χ0) is 15.9. The van der Waals surface area contributed by atoms with E-state index in [1.54, 1.807) is 6.07 Å². The monoisotopic (exact) mass is 314 g/mol. The van der Waals surface area contributed by atoms with E-state index >= 15 is 0 Å². The molecule has 0 N–H and O–H groups in total. The fraction of sp³-hybridized carbons (Fsp3) is 0.333. The van der Waals surface area contributed by atoms with E-state index < -0.39 is 11.9 Å². The summed E-state index contributed by atoms with van der Waals surface area (Å²) < 4.78 is 38.4. The average Bonchev–Trinajstić information content (AvgIpc) is 2.46. The summed E-state index contributed by atoms with van der Waals surface area (Å²) in [4.78, 5) is 7.28. The van der Waals surface area contributed by atoms with Crippen LogP contribution in [0.25, 0.3) is 0 Å². The fourth-order valence-corrected chi connectivity index (χ4v) is 1.92. The highest BCUT2D eigenvalue weighted by Gasteiger charge is 2.33. The fourth-order valence-electron chi connectivity index (χ4n) is 1.65. The molecule has 0 aromatic heterocycles. The number of aliphatic imine (C=N–C) groups is 2. The molecule has 0 amide bonds. The first-order chi connectivity index (χ1) is 9.92. The molecule has 0 aliphatic rings. The summed E-state index contributed by atoms with van der Waals surface area (Å²) in [6.07, 6.45) is -0.953. The Morgan fingerprint density at radius 2 is 2.10 bits per heavy atom. The highest BCUT2D eigenvalue weighted by Crippen LogP contribution is 2.27. The lowest BCUT2D eigenvalue weighted by atomic mass is 10.0. The standard InChI is InChI=1S/C15H17F3N2S/c1-4-11-6-5-7-12(8-11)13(20-10-21-3)9-14(19-2)15(16,17)18/h5-9H,2,4,10H2,1,3H3/b14-9-,20-13+. The lowest BCUT2D eigenvalue weighted by molar-refractivity contribution is -0.0921. The van der Waals surface area contributed by atoms with Crippen LogP contribution in [-0.4, -0.2) is 30.7 Å². The van der Waals surface area contributed by atoms with Gasteiger partial charge in [0, 0.05) is 5.56 Å². The van der Waals surface area contributed by atoms with Gasteiger partial charge >= 0.3 is 6.18 Å². The molecule has 0 heterocycles. The van der Waals surface area contributed by atoms with Gasteiger partial charge in [0.15, 0.2) is 0 Å². The van der Waals surface area contributed by atoms with Crippen LogP contribution in [0.3, 0.4) is 0 Å². The maximum Gasteiger partial charge on any atom is 0.433 e. The zero-order valence-electron chi connectivity index (χ0n) is 11.9. The topological polar surface area (TPSA) is 24.7 Å². The molecular formula is C15H17F3N2S. The van der Waals surface area contributed by atoms with E-state index in [9.17, 15) is 13.2 Å². The van der Waals surface area contributed by atoms with E-state index in [2.05, 4.69) is 16.7 Å². The van der Waals surface area contributed by atoms with E-state index in [1.165, 1.54) is 11.8 Å². The second-order valence-electron chi connectivity index (χ2n) is 4.20. The Hall–Kier alpha value is -1.56. The van der Waals surface area contributed by atoms with Crippen molar-refractivity contribution in [1.29, 1.82) is 0 Å². The summed E-state index contributed by atoms with van der Waals surface area (Å²) in [5.74, 6) is 0.379. The molecule has 0 unspecified atom stereocenters. The highest BCUT2D eigenvalue weighted by atomic mass is 32.2. The Labute approximate surface area is 126 Å². The molecule has 114 valence electrons. The minimum atomic E-state index is -4.54. The number of thioether (sulfide) groups is 1. The van der Waals surface area contributed by atoms with Gasteiger partial charge in [-0.1, -0.05) is 25.1 Å². The lowest BCUT2D eigenvalue weighted by Crippen LogP contribution is -2.12. The minimum Gasteiger partial charge on any atom is -0.274 e. The predicted octanol–water partition coefficient (Wildman–Crippen LogP) is 4.51. The van der Waals surface area contributed by atoms with E-state index in [1.807, 2.05) is 31.4 Å². The molecule has 0 saturated carbocycles. The van der Waals surface area contributed by atoms with Gasteiger partial charge in [0.25, 0.3) is 0 Å². The van der Waals surface area contributed by atoms with Gasteiger partial charge in [-0.15, -0.1) is 11.8 Å². The van der Waals surface area contributed by atoms with Crippen LogP contribution in [0.15, 0.2) is 46.0 Å². The van der Waals surface area contributed by atoms with Gasteiger partial charge in [-0.3, -0.25) is 9.98 Å². The predicted molar refractivity (Wildman–Crippen MR) is 84.4 cm³/mol. The number of halogens is 3. The first-order valence-electron chi connectivity index (χ1n) is 6.30. The number of allylic oxidation sites excluding steroid dienone is 2. The van der Waals surface area contributed by atoms with Crippen molar-refractivity contribution in [2.45, 2.75) is 19.5 Å². The maximum atomic E-state index is 12.8. The quantitative estimate of drug-likeness (QED) is 0.709. The van der Waals surface area contributed by atoms with Crippen molar-refractivity contribution >= 4 is 24.2 Å². The number of aryl methyl sites for hydroxylation is 1. The van der Waals surface area contributed by atoms with Crippen LogP contribution in [0.1, 0.15) is 18.1 Å². The molecule has 0 radical (unpaired) electrons. The summed E-state index contributed by atoms with van der Waals surface area (Å²) in [6.45, 7) is 4.98. The summed E-state index contributed by atoms with van der Waals surface area (Å²) >= 11 is 1.43. The molecule has 6 heteroatoms. The van der Waals surface area contributed by atoms with Crippen molar-refractivity contribution in [2.24, 2.45) is 9.98 Å². The van der Waals surface area contributed by atoms with Crippen molar-refractivity contribution in [2.75, 3.05) is 12.1 Å². The average molecular weight is 314 g/mol. The van der Waals surface area contributed by atoms with Crippen molar-refractivity contribution in [3.8, 4) is 0 Å². The Morgan fingerprint density at radius 3 is 2.62 bits per heavy atom. The van der Waals surface area contributed by atoms with Crippen LogP contribution < -0.4 is 0 Å². The van der Waals surface area contributed by atoms with E-state index in [0.29, 0.717) is 11.4 Å². The van der Waals surface area contributed by atoms with Crippen molar-refractivity contribution in [3.05, 3.63) is 47.2 Å². The first kappa shape index (κ1) is 17.5. The van der Waals surface area contributed by atoms with Crippen LogP contribution in [-0.2, 0) is 6.42 Å². The molecule has 0 aliphatic carbocycles. The second-order valence-corrected chi connectivity index (χ2v) is 5.04. The molecule has 1 rings (SSSR count). The van der Waals surface area contributed by atoms with Gasteiger partial charge in [-0.05, 0) is 37.1 Å². The minimum absolute atomic E-state index is 0.263. The smallest absolute Gasteiger partial charge is 0.274 e. The molecule has 0 saturated heterocycles. The number of rotatable bonds is 6. The molecule has 0 spiro atoms. The zero-order valence-corrected chi connectivity index (χ0v) is 12.8. The number of hydrogen-bond donors (Lipinski definition) is 0. The van der Waals surface area contributed by atoms with Crippen molar-refractivity contribution < 1.29 is 13.2 Å². The highest BCUT2D eigenvalue weighted by molar-refractivity contribution is 7.98. The number of nitrogens with zero attached hydrogens (tertiary/aromatic N) is 2. The summed E-state index contributed by atoms with van der Waals surface area (Å²) in [5, 5.41) is 0. The maximum absolute atomic E-state index is 12.8. The van der Waals surface area contributed by atoms with Gasteiger partial charge in [0.05, 0.1) is 11.6 Å². The molecule has 1 aromatic rings. The van der Waals surface area contributed by atoms with Gasteiger partial charge in [-0.2, -0.15) is 13.2 Å². The summed E-state index contributed by atoms with van der Waals surface area (Å²) in [7, 11) is 0. The SMILES string of the molecule is C=N/C(=C\C(=N/CSC)c1cccc(CC)c1)C(F)(F)F. The van der Waals surface area contributed by atoms with Crippen molar-refractivity contribution in [3.63, 3.8) is 0 Å². The molecule has 0 aliphatic heterocycles. The Kier molecular flexibility index (Phi) is 6.68. The third kappa shape index (κ3) is 5.38.